The molecule has 0 unspecified atom stereocenters. The molecular weight excluding hydrogens is 432 g/mol. The SMILES string of the molecule is COc1cc(Br)cc(CNc2ccc(NC(C)=O)cc2)c1OCc1ccccc1. The minimum absolute atomic E-state index is 0.0906. The highest BCUT2D eigenvalue weighted by atomic mass is 79.9. The van der Waals surface area contributed by atoms with Gasteiger partial charge < -0.3 is 20.1 Å². The highest BCUT2D eigenvalue weighted by molar-refractivity contribution is 9.10. The summed E-state index contributed by atoms with van der Waals surface area (Å²) in [7, 11) is 1.63. The summed E-state index contributed by atoms with van der Waals surface area (Å²) in [6, 6.07) is 21.5. The number of hydrogen-bond donors (Lipinski definition) is 2. The maximum Gasteiger partial charge on any atom is 0.221 e. The maximum atomic E-state index is 11.1. The average molecular weight is 455 g/mol. The second-order valence-electron chi connectivity index (χ2n) is 6.48. The van der Waals surface area contributed by atoms with E-state index >= 15 is 0 Å². The molecule has 0 aliphatic rings. The zero-order chi connectivity index (χ0) is 20.6. The molecule has 1 amide bonds. The number of hydrogen-bond acceptors (Lipinski definition) is 4. The Hall–Kier alpha value is -2.99. The van der Waals surface area contributed by atoms with Gasteiger partial charge >= 0.3 is 0 Å². The van der Waals surface area contributed by atoms with Crippen LogP contribution >= 0.6 is 15.9 Å². The Morgan fingerprint density at radius 2 is 1.69 bits per heavy atom. The summed E-state index contributed by atoms with van der Waals surface area (Å²) in [5.74, 6) is 1.29. The van der Waals surface area contributed by atoms with Crippen LogP contribution in [0.1, 0.15) is 18.1 Å². The van der Waals surface area contributed by atoms with Gasteiger partial charge in [-0.1, -0.05) is 46.3 Å². The molecule has 0 radical (unpaired) electrons. The van der Waals surface area contributed by atoms with Gasteiger partial charge in [0.05, 0.1) is 7.11 Å². The molecule has 0 aliphatic heterocycles. The van der Waals surface area contributed by atoms with Crippen molar-refractivity contribution in [2.75, 3.05) is 17.7 Å². The zero-order valence-electron chi connectivity index (χ0n) is 16.4. The number of methoxy groups -OCH3 is 1. The van der Waals surface area contributed by atoms with E-state index in [4.69, 9.17) is 9.47 Å². The smallest absolute Gasteiger partial charge is 0.221 e. The van der Waals surface area contributed by atoms with E-state index in [9.17, 15) is 4.79 Å². The van der Waals surface area contributed by atoms with Crippen LogP contribution in [-0.4, -0.2) is 13.0 Å². The summed E-state index contributed by atoms with van der Waals surface area (Å²) in [5.41, 5.74) is 3.76. The first-order valence-electron chi connectivity index (χ1n) is 9.20. The molecule has 5 nitrogen and oxygen atoms in total. The Balaban J connectivity index is 1.75. The van der Waals surface area contributed by atoms with E-state index < -0.39 is 0 Å². The van der Waals surface area contributed by atoms with E-state index in [1.807, 2.05) is 66.7 Å². The average Bonchev–Trinajstić information content (AvgIpc) is 2.72. The van der Waals surface area contributed by atoms with Crippen LogP contribution < -0.4 is 20.1 Å². The predicted octanol–water partition coefficient (Wildman–Crippen LogP) is 5.61. The largest absolute Gasteiger partial charge is 0.493 e. The molecule has 0 saturated heterocycles. The van der Waals surface area contributed by atoms with E-state index in [0.717, 1.165) is 27.0 Å². The Morgan fingerprint density at radius 3 is 2.34 bits per heavy atom. The van der Waals surface area contributed by atoms with Gasteiger partial charge in [-0.15, -0.1) is 0 Å². The number of ether oxygens (including phenoxy) is 2. The van der Waals surface area contributed by atoms with E-state index in [1.165, 1.54) is 6.92 Å². The lowest BCUT2D eigenvalue weighted by Gasteiger charge is -2.17. The molecule has 150 valence electrons. The number of benzene rings is 3. The molecule has 0 bridgehead atoms. The fourth-order valence-corrected chi connectivity index (χ4v) is 3.36. The van der Waals surface area contributed by atoms with Crippen LogP contribution in [0.15, 0.2) is 71.2 Å². The molecule has 0 fully saturated rings. The number of rotatable bonds is 8. The minimum atomic E-state index is -0.0906. The Kier molecular flexibility index (Phi) is 7.14. The molecule has 3 rings (SSSR count). The van der Waals surface area contributed by atoms with Crippen LogP contribution in [0.3, 0.4) is 0 Å². The fourth-order valence-electron chi connectivity index (χ4n) is 2.87. The first kappa shape index (κ1) is 20.7. The Bertz CT molecular complexity index is 960. The highest BCUT2D eigenvalue weighted by Crippen LogP contribution is 2.36. The second-order valence-corrected chi connectivity index (χ2v) is 7.40. The van der Waals surface area contributed by atoms with Gasteiger partial charge in [-0.3, -0.25) is 4.79 Å². The molecule has 2 N–H and O–H groups in total. The predicted molar refractivity (Wildman–Crippen MR) is 120 cm³/mol. The first-order valence-corrected chi connectivity index (χ1v) is 9.99. The van der Waals surface area contributed by atoms with Crippen molar-refractivity contribution in [3.8, 4) is 11.5 Å². The molecule has 3 aromatic rings. The number of amides is 1. The van der Waals surface area contributed by atoms with Gasteiger partial charge in [0.15, 0.2) is 11.5 Å². The Labute approximate surface area is 179 Å². The normalized spacial score (nSPS) is 10.3. The topological polar surface area (TPSA) is 59.6 Å². The van der Waals surface area contributed by atoms with Gasteiger partial charge in [-0.25, -0.2) is 0 Å². The number of halogens is 1. The summed E-state index contributed by atoms with van der Waals surface area (Å²) >= 11 is 3.54. The summed E-state index contributed by atoms with van der Waals surface area (Å²) < 4.78 is 12.6. The van der Waals surface area contributed by atoms with Crippen LogP contribution in [0.2, 0.25) is 0 Å². The number of carbonyl (C=O) groups is 1. The lowest BCUT2D eigenvalue weighted by atomic mass is 10.1. The fraction of sp³-hybridized carbons (Fsp3) is 0.174. The van der Waals surface area contributed by atoms with Crippen LogP contribution in [0.25, 0.3) is 0 Å². The van der Waals surface area contributed by atoms with Crippen molar-refractivity contribution >= 4 is 33.2 Å². The molecule has 6 heteroatoms. The minimum Gasteiger partial charge on any atom is -0.493 e. The molecule has 0 spiro atoms. The van der Waals surface area contributed by atoms with Crippen LogP contribution in [0.4, 0.5) is 11.4 Å². The summed E-state index contributed by atoms with van der Waals surface area (Å²) in [5, 5.41) is 6.15. The third-order valence-electron chi connectivity index (χ3n) is 4.23. The Morgan fingerprint density at radius 1 is 1.00 bits per heavy atom. The molecule has 3 aromatic carbocycles. The molecule has 0 saturated carbocycles. The number of nitrogens with one attached hydrogen (secondary N) is 2. The van der Waals surface area contributed by atoms with Gasteiger partial charge in [0, 0.05) is 34.9 Å². The molecule has 0 aliphatic carbocycles. The van der Waals surface area contributed by atoms with Crippen molar-refractivity contribution in [1.82, 2.24) is 0 Å². The van der Waals surface area contributed by atoms with E-state index in [0.29, 0.717) is 24.7 Å². The van der Waals surface area contributed by atoms with Crippen molar-refractivity contribution in [3.63, 3.8) is 0 Å². The quantitative estimate of drug-likeness (QED) is 0.464. The van der Waals surface area contributed by atoms with Gasteiger partial charge in [0.25, 0.3) is 0 Å². The molecule has 29 heavy (non-hydrogen) atoms. The van der Waals surface area contributed by atoms with Crippen molar-refractivity contribution in [2.45, 2.75) is 20.1 Å². The molecular formula is C23H23BrN2O3. The first-order chi connectivity index (χ1) is 14.0. The van der Waals surface area contributed by atoms with Gasteiger partial charge in [-0.05, 0) is 42.0 Å². The monoisotopic (exact) mass is 454 g/mol. The third kappa shape index (κ3) is 5.99. The molecule has 0 aromatic heterocycles. The van der Waals surface area contributed by atoms with Crippen molar-refractivity contribution in [1.29, 1.82) is 0 Å². The van der Waals surface area contributed by atoms with Crippen molar-refractivity contribution in [3.05, 3.63) is 82.3 Å². The summed E-state index contributed by atoms with van der Waals surface area (Å²) in [6.07, 6.45) is 0. The van der Waals surface area contributed by atoms with Crippen molar-refractivity contribution in [2.24, 2.45) is 0 Å². The van der Waals surface area contributed by atoms with Crippen LogP contribution in [-0.2, 0) is 17.9 Å². The van der Waals surface area contributed by atoms with Crippen LogP contribution in [0, 0.1) is 0 Å². The van der Waals surface area contributed by atoms with E-state index in [2.05, 4.69) is 26.6 Å². The lowest BCUT2D eigenvalue weighted by molar-refractivity contribution is -0.114. The highest BCUT2D eigenvalue weighted by Gasteiger charge is 2.13. The van der Waals surface area contributed by atoms with Crippen molar-refractivity contribution < 1.29 is 14.3 Å². The van der Waals surface area contributed by atoms with Gasteiger partial charge in [0.1, 0.15) is 6.61 Å². The zero-order valence-corrected chi connectivity index (χ0v) is 18.0. The standard InChI is InChI=1S/C23H23BrN2O3/c1-16(27)26-21-10-8-20(9-11-21)25-14-18-12-19(24)13-22(28-2)23(18)29-15-17-6-4-3-5-7-17/h3-13,25H,14-15H2,1-2H3,(H,26,27). The summed E-state index contributed by atoms with van der Waals surface area (Å²) in [4.78, 5) is 11.1. The van der Waals surface area contributed by atoms with Crippen LogP contribution in [0.5, 0.6) is 11.5 Å². The third-order valence-corrected chi connectivity index (χ3v) is 4.69. The van der Waals surface area contributed by atoms with Gasteiger partial charge in [-0.2, -0.15) is 0 Å². The maximum absolute atomic E-state index is 11.1. The van der Waals surface area contributed by atoms with E-state index in [1.54, 1.807) is 7.11 Å². The number of carbonyl (C=O) groups excluding carboxylic acids is 1. The van der Waals surface area contributed by atoms with Gasteiger partial charge in [0.2, 0.25) is 5.91 Å². The lowest BCUT2D eigenvalue weighted by Crippen LogP contribution is -2.07. The number of anilines is 2. The molecule has 0 heterocycles. The second kappa shape index (κ2) is 9.98. The summed E-state index contributed by atoms with van der Waals surface area (Å²) in [6.45, 7) is 2.50. The van der Waals surface area contributed by atoms with E-state index in [-0.39, 0.29) is 5.91 Å². The molecule has 0 atom stereocenters.